The number of rotatable bonds is 4. The Hall–Kier alpha value is -2.87. The van der Waals surface area contributed by atoms with Gasteiger partial charge in [0.1, 0.15) is 6.10 Å². The predicted octanol–water partition coefficient (Wildman–Crippen LogP) is 0.127. The predicted molar refractivity (Wildman–Crippen MR) is 71.5 cm³/mol. The topological polar surface area (TPSA) is 105 Å². The lowest BCUT2D eigenvalue weighted by Gasteiger charge is -2.25. The minimum Gasteiger partial charge on any atom is -0.481 e. The second kappa shape index (κ2) is 5.15. The molecule has 22 heavy (non-hydrogen) atoms. The largest absolute Gasteiger partial charge is 0.481 e. The van der Waals surface area contributed by atoms with Gasteiger partial charge in [0.2, 0.25) is 5.88 Å². The summed E-state index contributed by atoms with van der Waals surface area (Å²) in [5.74, 6) is -2.45. The van der Waals surface area contributed by atoms with Gasteiger partial charge in [-0.2, -0.15) is 0 Å². The van der Waals surface area contributed by atoms with Crippen molar-refractivity contribution >= 4 is 17.8 Å². The van der Waals surface area contributed by atoms with E-state index in [4.69, 9.17) is 9.57 Å². The van der Waals surface area contributed by atoms with E-state index in [-0.39, 0.29) is 17.0 Å². The lowest BCUT2D eigenvalue weighted by molar-refractivity contribution is -0.146. The number of hydrogen-bond acceptors (Lipinski definition) is 6. The van der Waals surface area contributed by atoms with Crippen molar-refractivity contribution in [1.82, 2.24) is 10.4 Å². The fourth-order valence-corrected chi connectivity index (χ4v) is 2.47. The van der Waals surface area contributed by atoms with Crippen molar-refractivity contribution in [3.63, 3.8) is 0 Å². The standard InChI is InChI=1S/C14H12N2O6/c1-21-10-6-9(22-15-10)11(14(19)20)16-12(17)7-4-2-3-5-8(7)13(16)18/h2-6,9,11,15H,1H3,(H,19,20). The van der Waals surface area contributed by atoms with E-state index in [9.17, 15) is 19.5 Å². The van der Waals surface area contributed by atoms with Crippen LogP contribution in [0.5, 0.6) is 0 Å². The quantitative estimate of drug-likeness (QED) is 0.761. The first-order chi connectivity index (χ1) is 10.5. The number of hydrogen-bond donors (Lipinski definition) is 2. The van der Waals surface area contributed by atoms with Gasteiger partial charge in [0.05, 0.1) is 18.2 Å². The molecule has 3 rings (SSSR count). The zero-order chi connectivity index (χ0) is 15.9. The van der Waals surface area contributed by atoms with E-state index in [1.807, 2.05) is 0 Å². The van der Waals surface area contributed by atoms with Crippen molar-refractivity contribution in [1.29, 1.82) is 0 Å². The van der Waals surface area contributed by atoms with E-state index in [0.29, 0.717) is 4.90 Å². The zero-order valence-electron chi connectivity index (χ0n) is 11.5. The maximum absolute atomic E-state index is 12.4. The Morgan fingerprint density at radius 3 is 2.36 bits per heavy atom. The molecule has 2 aliphatic heterocycles. The molecule has 0 radical (unpaired) electrons. The van der Waals surface area contributed by atoms with Crippen LogP contribution in [0.1, 0.15) is 20.7 Å². The van der Waals surface area contributed by atoms with Gasteiger partial charge in [0, 0.05) is 6.08 Å². The van der Waals surface area contributed by atoms with E-state index < -0.39 is 29.9 Å². The number of ether oxygens (including phenoxy) is 1. The summed E-state index contributed by atoms with van der Waals surface area (Å²) in [6, 6.07) is 4.70. The van der Waals surface area contributed by atoms with Crippen LogP contribution in [-0.4, -0.2) is 47.0 Å². The van der Waals surface area contributed by atoms with Gasteiger partial charge in [0.25, 0.3) is 11.8 Å². The molecular formula is C14H12N2O6. The number of carbonyl (C=O) groups is 3. The molecular weight excluding hydrogens is 292 g/mol. The number of amides is 2. The second-order valence-electron chi connectivity index (χ2n) is 4.73. The van der Waals surface area contributed by atoms with Crippen molar-refractivity contribution in [3.8, 4) is 0 Å². The van der Waals surface area contributed by atoms with Crippen LogP contribution in [0.3, 0.4) is 0 Å². The molecule has 114 valence electrons. The van der Waals surface area contributed by atoms with Gasteiger partial charge in [-0.3, -0.25) is 19.3 Å². The first-order valence-electron chi connectivity index (χ1n) is 6.41. The van der Waals surface area contributed by atoms with Crippen molar-refractivity contribution in [2.24, 2.45) is 0 Å². The molecule has 1 aromatic rings. The summed E-state index contributed by atoms with van der Waals surface area (Å²) in [5, 5.41) is 9.44. The summed E-state index contributed by atoms with van der Waals surface area (Å²) >= 11 is 0. The number of aliphatic carboxylic acids is 1. The molecule has 8 nitrogen and oxygen atoms in total. The van der Waals surface area contributed by atoms with Crippen molar-refractivity contribution in [2.45, 2.75) is 12.1 Å². The van der Waals surface area contributed by atoms with Crippen LogP contribution in [-0.2, 0) is 14.4 Å². The highest BCUT2D eigenvalue weighted by molar-refractivity contribution is 6.22. The number of methoxy groups -OCH3 is 1. The highest BCUT2D eigenvalue weighted by atomic mass is 16.7. The summed E-state index contributed by atoms with van der Waals surface area (Å²) in [6.45, 7) is 0. The summed E-state index contributed by atoms with van der Waals surface area (Å²) in [7, 11) is 1.38. The van der Waals surface area contributed by atoms with Gasteiger partial charge < -0.3 is 9.84 Å². The van der Waals surface area contributed by atoms with Crippen LogP contribution in [0.25, 0.3) is 0 Å². The molecule has 8 heteroatoms. The van der Waals surface area contributed by atoms with Gasteiger partial charge >= 0.3 is 5.97 Å². The summed E-state index contributed by atoms with van der Waals surface area (Å²) in [6.07, 6.45) is 0.317. The second-order valence-corrected chi connectivity index (χ2v) is 4.73. The molecule has 2 atom stereocenters. The van der Waals surface area contributed by atoms with E-state index in [2.05, 4.69) is 5.48 Å². The van der Waals surface area contributed by atoms with E-state index >= 15 is 0 Å². The third-order valence-electron chi connectivity index (χ3n) is 3.50. The van der Waals surface area contributed by atoms with Crippen LogP contribution < -0.4 is 5.48 Å². The molecule has 2 unspecified atom stereocenters. The number of nitrogens with zero attached hydrogens (tertiary/aromatic N) is 1. The number of carboxylic acid groups (broad SMARTS) is 1. The molecule has 0 spiro atoms. The van der Waals surface area contributed by atoms with E-state index in [1.54, 1.807) is 12.1 Å². The maximum atomic E-state index is 12.4. The van der Waals surface area contributed by atoms with Crippen LogP contribution in [0.2, 0.25) is 0 Å². The number of nitrogens with one attached hydrogen (secondary N) is 1. The average molecular weight is 304 g/mol. The molecule has 2 aliphatic rings. The SMILES string of the molecule is COC1=CC(C(C(=O)O)N2C(=O)c3ccccc3C2=O)ON1. The third-order valence-corrected chi connectivity index (χ3v) is 3.50. The number of hydroxylamine groups is 1. The maximum Gasteiger partial charge on any atom is 0.330 e. The van der Waals surface area contributed by atoms with Crippen molar-refractivity contribution in [2.75, 3.05) is 7.11 Å². The monoisotopic (exact) mass is 304 g/mol. The van der Waals surface area contributed by atoms with Gasteiger partial charge in [-0.05, 0) is 12.1 Å². The average Bonchev–Trinajstić information content (AvgIpc) is 3.07. The Labute approximate surface area is 124 Å². The molecule has 1 aromatic carbocycles. The summed E-state index contributed by atoms with van der Waals surface area (Å²) < 4.78 is 4.89. The van der Waals surface area contributed by atoms with Crippen LogP contribution in [0.15, 0.2) is 36.2 Å². The highest BCUT2D eigenvalue weighted by Crippen LogP contribution is 2.27. The minimum atomic E-state index is -1.49. The van der Waals surface area contributed by atoms with Gasteiger partial charge in [0.15, 0.2) is 6.04 Å². The lowest BCUT2D eigenvalue weighted by Crippen LogP contribution is -2.51. The molecule has 2 amide bonds. The molecule has 0 saturated heterocycles. The fraction of sp³-hybridized carbons (Fsp3) is 0.214. The van der Waals surface area contributed by atoms with Gasteiger partial charge in [-0.1, -0.05) is 12.1 Å². The number of imide groups is 1. The molecule has 2 heterocycles. The van der Waals surface area contributed by atoms with Gasteiger partial charge in [-0.25, -0.2) is 10.3 Å². The zero-order valence-corrected chi connectivity index (χ0v) is 11.5. The highest BCUT2D eigenvalue weighted by Gasteiger charge is 2.47. The van der Waals surface area contributed by atoms with Gasteiger partial charge in [-0.15, -0.1) is 0 Å². The number of carboxylic acids is 1. The molecule has 0 bridgehead atoms. The fourth-order valence-electron chi connectivity index (χ4n) is 2.47. The van der Waals surface area contributed by atoms with E-state index in [0.717, 1.165) is 0 Å². The number of benzene rings is 1. The first kappa shape index (κ1) is 14.1. The van der Waals surface area contributed by atoms with Crippen LogP contribution >= 0.6 is 0 Å². The molecule has 0 aliphatic carbocycles. The van der Waals surface area contributed by atoms with Crippen molar-refractivity contribution in [3.05, 3.63) is 47.4 Å². The summed E-state index contributed by atoms with van der Waals surface area (Å²) in [4.78, 5) is 42.1. The third kappa shape index (κ3) is 2.01. The Morgan fingerprint density at radius 2 is 1.91 bits per heavy atom. The van der Waals surface area contributed by atoms with Crippen LogP contribution in [0.4, 0.5) is 0 Å². The Kier molecular flexibility index (Phi) is 3.30. The number of fused-ring (bicyclic) bond motifs is 1. The van der Waals surface area contributed by atoms with Crippen molar-refractivity contribution < 1.29 is 29.1 Å². The Bertz CT molecular complexity index is 663. The summed E-state index contributed by atoms with van der Waals surface area (Å²) in [5.41, 5.74) is 2.75. The Balaban J connectivity index is 1.98. The lowest BCUT2D eigenvalue weighted by atomic mass is 10.1. The van der Waals surface area contributed by atoms with E-state index in [1.165, 1.54) is 25.3 Å². The smallest absolute Gasteiger partial charge is 0.330 e. The minimum absolute atomic E-state index is 0.181. The molecule has 0 aromatic heterocycles. The van der Waals surface area contributed by atoms with Crippen LogP contribution in [0, 0.1) is 0 Å². The normalized spacial score (nSPS) is 21.2. The number of carbonyl (C=O) groups excluding carboxylic acids is 2. The first-order valence-corrected chi connectivity index (χ1v) is 6.41. The molecule has 0 fully saturated rings. The Morgan fingerprint density at radius 1 is 1.32 bits per heavy atom. The molecule has 2 N–H and O–H groups in total. The molecule has 0 saturated carbocycles.